The third kappa shape index (κ3) is 3.51. The van der Waals surface area contributed by atoms with Crippen LogP contribution in [-0.4, -0.2) is 31.9 Å². The van der Waals surface area contributed by atoms with E-state index in [0.717, 1.165) is 5.56 Å². The lowest BCUT2D eigenvalue weighted by Gasteiger charge is -2.15. The number of esters is 1. The highest BCUT2D eigenvalue weighted by Gasteiger charge is 2.32. The highest BCUT2D eigenvalue weighted by atomic mass is 79.9. The number of cyclic esters (lactones) is 1. The van der Waals surface area contributed by atoms with Crippen LogP contribution in [0.1, 0.15) is 17.2 Å². The molecule has 2 aromatic rings. The van der Waals surface area contributed by atoms with Crippen LogP contribution < -0.4 is 9.47 Å². The van der Waals surface area contributed by atoms with E-state index in [2.05, 4.69) is 31.9 Å². The fourth-order valence-electron chi connectivity index (χ4n) is 2.82. The Morgan fingerprint density at radius 2 is 1.69 bits per heavy atom. The first kappa shape index (κ1) is 18.9. The summed E-state index contributed by atoms with van der Waals surface area (Å²) in [6, 6.07) is 10.7. The average Bonchev–Trinajstić information content (AvgIpc) is 3.02. The number of hydrogen-bond donors (Lipinski definition) is 1. The molecule has 1 atom stereocenters. The minimum absolute atomic E-state index is 0.121. The molecule has 5 nitrogen and oxygen atoms in total. The lowest BCUT2D eigenvalue weighted by atomic mass is 9.94. The largest absolute Gasteiger partial charge is 0.497 e. The Hall–Kier alpha value is -1.83. The van der Waals surface area contributed by atoms with Crippen LogP contribution >= 0.6 is 31.9 Å². The number of ether oxygens (including phenoxy) is 3. The van der Waals surface area contributed by atoms with Crippen LogP contribution in [0.4, 0.5) is 0 Å². The molecule has 1 aliphatic heterocycles. The number of carbonyl (C=O) groups is 1. The van der Waals surface area contributed by atoms with Gasteiger partial charge in [-0.05, 0) is 67.3 Å². The van der Waals surface area contributed by atoms with E-state index < -0.39 is 12.1 Å². The van der Waals surface area contributed by atoms with Crippen molar-refractivity contribution < 1.29 is 24.1 Å². The zero-order valence-corrected chi connectivity index (χ0v) is 17.3. The summed E-state index contributed by atoms with van der Waals surface area (Å²) in [7, 11) is 3.14. The number of hydrogen-bond acceptors (Lipinski definition) is 5. The molecule has 0 saturated heterocycles. The fourth-order valence-corrected chi connectivity index (χ4v) is 4.37. The molecule has 1 heterocycles. The summed E-state index contributed by atoms with van der Waals surface area (Å²) in [5, 5.41) is 10.9. The van der Waals surface area contributed by atoms with Crippen molar-refractivity contribution >= 4 is 43.4 Å². The molecule has 0 aliphatic carbocycles. The number of halogens is 2. The third-order valence-corrected chi connectivity index (χ3v) is 5.32. The molecule has 3 rings (SSSR count). The molecule has 2 aromatic carbocycles. The zero-order valence-electron chi connectivity index (χ0n) is 14.1. The normalized spacial score (nSPS) is 15.0. The molecule has 0 bridgehead atoms. The summed E-state index contributed by atoms with van der Waals surface area (Å²) < 4.78 is 17.0. The molecule has 0 spiro atoms. The molecule has 0 radical (unpaired) electrons. The van der Waals surface area contributed by atoms with Gasteiger partial charge in [0, 0.05) is 5.57 Å². The Labute approximate surface area is 167 Å². The second kappa shape index (κ2) is 7.82. The molecule has 1 aliphatic rings. The van der Waals surface area contributed by atoms with Crippen molar-refractivity contribution in [2.75, 3.05) is 20.8 Å². The van der Waals surface area contributed by atoms with Crippen LogP contribution in [-0.2, 0) is 9.53 Å². The number of aliphatic hydroxyl groups is 1. The second-order valence-electron chi connectivity index (χ2n) is 5.62. The number of rotatable bonds is 5. The van der Waals surface area contributed by atoms with Crippen molar-refractivity contribution in [3.63, 3.8) is 0 Å². The van der Waals surface area contributed by atoms with Crippen molar-refractivity contribution in [3.05, 3.63) is 62.0 Å². The number of benzene rings is 2. The predicted octanol–water partition coefficient (Wildman–Crippen LogP) is 4.27. The van der Waals surface area contributed by atoms with Crippen LogP contribution in [0.2, 0.25) is 0 Å². The molecular weight excluding hydrogens is 468 g/mol. The Balaban J connectivity index is 2.04. The second-order valence-corrected chi connectivity index (χ2v) is 7.33. The highest BCUT2D eigenvalue weighted by Crippen LogP contribution is 2.40. The van der Waals surface area contributed by atoms with Crippen LogP contribution in [0.5, 0.6) is 11.5 Å². The molecule has 0 fully saturated rings. The number of carbonyl (C=O) groups excluding carboxylic acids is 1. The zero-order chi connectivity index (χ0) is 18.8. The average molecular weight is 484 g/mol. The first-order chi connectivity index (χ1) is 12.5. The lowest BCUT2D eigenvalue weighted by molar-refractivity contribution is -0.136. The van der Waals surface area contributed by atoms with Gasteiger partial charge in [-0.3, -0.25) is 0 Å². The first-order valence-corrected chi connectivity index (χ1v) is 9.30. The van der Waals surface area contributed by atoms with Crippen LogP contribution in [0.15, 0.2) is 50.9 Å². The lowest BCUT2D eigenvalue weighted by Crippen LogP contribution is -2.10. The van der Waals surface area contributed by atoms with E-state index >= 15 is 0 Å². The SMILES string of the molecule is COc1ccc(C2=C(C(O)c3cc(Br)c(OC)c(Br)c3)C(=O)OC2)cc1. The van der Waals surface area contributed by atoms with Crippen molar-refractivity contribution in [1.82, 2.24) is 0 Å². The summed E-state index contributed by atoms with van der Waals surface area (Å²) in [6.07, 6.45) is -1.12. The summed E-state index contributed by atoms with van der Waals surface area (Å²) in [5.41, 5.74) is 2.24. The Kier molecular flexibility index (Phi) is 5.70. The molecule has 136 valence electrons. The Morgan fingerprint density at radius 1 is 1.08 bits per heavy atom. The topological polar surface area (TPSA) is 65.0 Å². The van der Waals surface area contributed by atoms with E-state index in [0.29, 0.717) is 31.6 Å². The van der Waals surface area contributed by atoms with Crippen LogP contribution in [0.3, 0.4) is 0 Å². The smallest absolute Gasteiger partial charge is 0.337 e. The van der Waals surface area contributed by atoms with E-state index in [1.807, 2.05) is 12.1 Å². The van der Waals surface area contributed by atoms with E-state index in [1.165, 1.54) is 0 Å². The molecule has 0 saturated carbocycles. The van der Waals surface area contributed by atoms with Gasteiger partial charge in [0.1, 0.15) is 24.2 Å². The van der Waals surface area contributed by atoms with Gasteiger partial charge in [-0.25, -0.2) is 4.79 Å². The highest BCUT2D eigenvalue weighted by molar-refractivity contribution is 9.11. The van der Waals surface area contributed by atoms with E-state index in [9.17, 15) is 9.90 Å². The summed E-state index contributed by atoms with van der Waals surface area (Å²) in [6.45, 7) is 0.121. The molecule has 1 N–H and O–H groups in total. The standard InChI is InChI=1S/C19H16Br2O5/c1-24-12-5-3-10(4-6-12)13-9-26-19(23)16(13)17(22)11-7-14(20)18(25-2)15(21)8-11/h3-8,17,22H,9H2,1-2H3. The minimum atomic E-state index is -1.12. The van der Waals surface area contributed by atoms with Crippen LogP contribution in [0, 0.1) is 0 Å². The van der Waals surface area contributed by atoms with Gasteiger partial charge in [-0.15, -0.1) is 0 Å². The predicted molar refractivity (Wildman–Crippen MR) is 104 cm³/mol. The first-order valence-electron chi connectivity index (χ1n) is 7.71. The quantitative estimate of drug-likeness (QED) is 0.643. The maximum atomic E-state index is 12.3. The monoisotopic (exact) mass is 482 g/mol. The summed E-state index contributed by atoms with van der Waals surface area (Å²) >= 11 is 6.83. The summed E-state index contributed by atoms with van der Waals surface area (Å²) in [5.74, 6) is 0.801. The van der Waals surface area contributed by atoms with E-state index in [1.54, 1.807) is 38.5 Å². The van der Waals surface area contributed by atoms with Gasteiger partial charge < -0.3 is 19.3 Å². The van der Waals surface area contributed by atoms with Crippen molar-refractivity contribution in [1.29, 1.82) is 0 Å². The minimum Gasteiger partial charge on any atom is -0.497 e. The van der Waals surface area contributed by atoms with Gasteiger partial charge in [0.15, 0.2) is 0 Å². The number of methoxy groups -OCH3 is 2. The third-order valence-electron chi connectivity index (χ3n) is 4.15. The van der Waals surface area contributed by atoms with Crippen molar-refractivity contribution in [2.24, 2.45) is 0 Å². The summed E-state index contributed by atoms with van der Waals surface area (Å²) in [4.78, 5) is 12.3. The van der Waals surface area contributed by atoms with Gasteiger partial charge in [0.05, 0.1) is 28.7 Å². The van der Waals surface area contributed by atoms with Gasteiger partial charge in [0.2, 0.25) is 0 Å². The molecule has 7 heteroatoms. The number of aliphatic hydroxyl groups excluding tert-OH is 1. The Bertz CT molecular complexity index is 851. The maximum Gasteiger partial charge on any atom is 0.337 e. The van der Waals surface area contributed by atoms with Gasteiger partial charge in [-0.2, -0.15) is 0 Å². The molecule has 26 heavy (non-hydrogen) atoms. The van der Waals surface area contributed by atoms with E-state index in [-0.39, 0.29) is 12.2 Å². The fraction of sp³-hybridized carbons (Fsp3) is 0.211. The van der Waals surface area contributed by atoms with Crippen molar-refractivity contribution in [2.45, 2.75) is 6.10 Å². The van der Waals surface area contributed by atoms with Gasteiger partial charge >= 0.3 is 5.97 Å². The molecule has 1 unspecified atom stereocenters. The van der Waals surface area contributed by atoms with E-state index in [4.69, 9.17) is 14.2 Å². The van der Waals surface area contributed by atoms with Gasteiger partial charge in [0.25, 0.3) is 0 Å². The molecule has 0 amide bonds. The van der Waals surface area contributed by atoms with Gasteiger partial charge in [-0.1, -0.05) is 12.1 Å². The molecular formula is C19H16Br2O5. The Morgan fingerprint density at radius 3 is 2.23 bits per heavy atom. The maximum absolute atomic E-state index is 12.3. The van der Waals surface area contributed by atoms with Crippen molar-refractivity contribution in [3.8, 4) is 11.5 Å². The van der Waals surface area contributed by atoms with Crippen LogP contribution in [0.25, 0.3) is 5.57 Å². The molecule has 0 aromatic heterocycles.